The van der Waals surface area contributed by atoms with Crippen LogP contribution in [0.2, 0.25) is 0 Å². The standard InChI is InChI=1S/C20H22F3N3O/c21-20(22,23)17-6-4-5-16(15-17)19(24)26-11-9-25(10-12-26)13-14-27-18-7-2-1-3-8-18/h1-8,15,24H,9-14H2. The molecule has 3 rings (SSSR count). The maximum absolute atomic E-state index is 12.9. The molecule has 2 aromatic rings. The van der Waals surface area contributed by atoms with Crippen LogP contribution >= 0.6 is 0 Å². The molecule has 0 unspecified atom stereocenters. The van der Waals surface area contributed by atoms with Crippen molar-refractivity contribution in [1.29, 1.82) is 5.41 Å². The van der Waals surface area contributed by atoms with E-state index in [-0.39, 0.29) is 5.84 Å². The number of hydrogen-bond acceptors (Lipinski definition) is 3. The zero-order chi connectivity index (χ0) is 19.3. The molecule has 1 saturated heterocycles. The van der Waals surface area contributed by atoms with Crippen LogP contribution in [0.5, 0.6) is 5.75 Å². The van der Waals surface area contributed by atoms with Gasteiger partial charge in [0.25, 0.3) is 0 Å². The second kappa shape index (κ2) is 8.43. The minimum atomic E-state index is -4.40. The van der Waals surface area contributed by atoms with Crippen LogP contribution in [0, 0.1) is 5.41 Å². The first-order valence-electron chi connectivity index (χ1n) is 8.85. The van der Waals surface area contributed by atoms with Gasteiger partial charge in [0.05, 0.1) is 5.56 Å². The highest BCUT2D eigenvalue weighted by atomic mass is 19.4. The van der Waals surface area contributed by atoms with Gasteiger partial charge in [0.15, 0.2) is 0 Å². The first-order chi connectivity index (χ1) is 12.9. The van der Waals surface area contributed by atoms with Gasteiger partial charge in [-0.25, -0.2) is 0 Å². The van der Waals surface area contributed by atoms with Gasteiger partial charge in [-0.05, 0) is 24.3 Å². The van der Waals surface area contributed by atoms with Crippen molar-refractivity contribution in [3.8, 4) is 5.75 Å². The van der Waals surface area contributed by atoms with Gasteiger partial charge in [0, 0.05) is 38.3 Å². The molecule has 1 N–H and O–H groups in total. The third-order valence-corrected chi connectivity index (χ3v) is 4.57. The fraction of sp³-hybridized carbons (Fsp3) is 0.350. The normalized spacial score (nSPS) is 15.6. The zero-order valence-electron chi connectivity index (χ0n) is 14.9. The molecular weight excluding hydrogens is 355 g/mol. The van der Waals surface area contributed by atoms with Gasteiger partial charge in [-0.1, -0.05) is 30.3 Å². The Kier molecular flexibility index (Phi) is 6.01. The van der Waals surface area contributed by atoms with Crippen LogP contribution < -0.4 is 4.74 Å². The molecule has 1 fully saturated rings. The summed E-state index contributed by atoms with van der Waals surface area (Å²) in [6.45, 7) is 4.08. The Morgan fingerprint density at radius 3 is 2.33 bits per heavy atom. The molecule has 7 heteroatoms. The number of nitrogens with zero attached hydrogens (tertiary/aromatic N) is 2. The van der Waals surface area contributed by atoms with Crippen LogP contribution in [-0.2, 0) is 6.18 Å². The van der Waals surface area contributed by atoms with Crippen molar-refractivity contribution >= 4 is 5.84 Å². The van der Waals surface area contributed by atoms with Gasteiger partial charge in [-0.15, -0.1) is 0 Å². The molecule has 1 aliphatic rings. The summed E-state index contributed by atoms with van der Waals surface area (Å²) in [5, 5.41) is 8.26. The van der Waals surface area contributed by atoms with E-state index in [1.54, 1.807) is 6.07 Å². The fourth-order valence-electron chi connectivity index (χ4n) is 3.03. The molecule has 0 radical (unpaired) electrons. The third kappa shape index (κ3) is 5.23. The second-order valence-electron chi connectivity index (χ2n) is 6.42. The van der Waals surface area contributed by atoms with Crippen LogP contribution in [0.15, 0.2) is 54.6 Å². The highest BCUT2D eigenvalue weighted by Gasteiger charge is 2.31. The molecule has 4 nitrogen and oxygen atoms in total. The summed E-state index contributed by atoms with van der Waals surface area (Å²) >= 11 is 0. The van der Waals surface area contributed by atoms with E-state index >= 15 is 0 Å². The number of ether oxygens (including phenoxy) is 1. The number of alkyl halides is 3. The minimum absolute atomic E-state index is 0.140. The molecule has 1 aliphatic heterocycles. The maximum atomic E-state index is 12.9. The summed E-state index contributed by atoms with van der Waals surface area (Å²) < 4.78 is 44.3. The smallest absolute Gasteiger partial charge is 0.416 e. The van der Waals surface area contributed by atoms with Crippen molar-refractivity contribution < 1.29 is 17.9 Å². The van der Waals surface area contributed by atoms with Crippen molar-refractivity contribution in [2.75, 3.05) is 39.3 Å². The Morgan fingerprint density at radius 2 is 1.67 bits per heavy atom. The number of para-hydroxylation sites is 1. The topological polar surface area (TPSA) is 39.6 Å². The number of benzene rings is 2. The fourth-order valence-corrected chi connectivity index (χ4v) is 3.03. The number of amidine groups is 1. The van der Waals surface area contributed by atoms with Crippen LogP contribution in [0.25, 0.3) is 0 Å². The number of piperazine rings is 1. The zero-order valence-corrected chi connectivity index (χ0v) is 14.9. The van der Waals surface area contributed by atoms with Gasteiger partial charge in [0.2, 0.25) is 0 Å². The molecule has 0 spiro atoms. The lowest BCUT2D eigenvalue weighted by atomic mass is 10.1. The molecule has 144 valence electrons. The average Bonchev–Trinajstić information content (AvgIpc) is 2.68. The first-order valence-corrected chi connectivity index (χ1v) is 8.85. The summed E-state index contributed by atoms with van der Waals surface area (Å²) in [6, 6.07) is 14.6. The molecule has 0 aliphatic carbocycles. The second-order valence-corrected chi connectivity index (χ2v) is 6.42. The molecule has 0 aromatic heterocycles. The molecule has 0 amide bonds. The van der Waals surface area contributed by atoms with Gasteiger partial charge in [-0.3, -0.25) is 10.3 Å². The van der Waals surface area contributed by atoms with Gasteiger partial charge >= 0.3 is 6.18 Å². The van der Waals surface area contributed by atoms with Crippen molar-refractivity contribution in [3.63, 3.8) is 0 Å². The highest BCUT2D eigenvalue weighted by Crippen LogP contribution is 2.29. The Hall–Kier alpha value is -2.54. The largest absolute Gasteiger partial charge is 0.492 e. The summed E-state index contributed by atoms with van der Waals surface area (Å²) in [5.41, 5.74) is -0.424. The van der Waals surface area contributed by atoms with Crippen LogP contribution in [0.3, 0.4) is 0 Å². The van der Waals surface area contributed by atoms with E-state index in [4.69, 9.17) is 10.1 Å². The molecule has 1 heterocycles. The lowest BCUT2D eigenvalue weighted by Crippen LogP contribution is -2.49. The summed E-state index contributed by atoms with van der Waals surface area (Å²) in [4.78, 5) is 4.06. The summed E-state index contributed by atoms with van der Waals surface area (Å²) in [6.07, 6.45) is -4.40. The molecule has 0 bridgehead atoms. The van der Waals surface area contributed by atoms with E-state index in [0.717, 1.165) is 37.5 Å². The minimum Gasteiger partial charge on any atom is -0.492 e. The SMILES string of the molecule is N=C(c1cccc(C(F)(F)F)c1)N1CCN(CCOc2ccccc2)CC1. The van der Waals surface area contributed by atoms with Crippen molar-refractivity contribution in [2.24, 2.45) is 0 Å². The number of hydrogen-bond donors (Lipinski definition) is 1. The monoisotopic (exact) mass is 377 g/mol. The number of halogens is 3. The van der Waals surface area contributed by atoms with E-state index < -0.39 is 11.7 Å². The maximum Gasteiger partial charge on any atom is 0.416 e. The Morgan fingerprint density at radius 1 is 0.963 bits per heavy atom. The predicted molar refractivity (Wildman–Crippen MR) is 98.2 cm³/mol. The van der Waals surface area contributed by atoms with Crippen LogP contribution in [0.1, 0.15) is 11.1 Å². The highest BCUT2D eigenvalue weighted by molar-refractivity contribution is 5.96. The van der Waals surface area contributed by atoms with E-state index in [9.17, 15) is 13.2 Å². The van der Waals surface area contributed by atoms with Gasteiger partial charge in [0.1, 0.15) is 18.2 Å². The lowest BCUT2D eigenvalue weighted by Gasteiger charge is -2.36. The molecule has 2 aromatic carbocycles. The quantitative estimate of drug-likeness (QED) is 0.638. The lowest BCUT2D eigenvalue weighted by molar-refractivity contribution is -0.137. The molecule has 0 saturated carbocycles. The Balaban J connectivity index is 1.48. The molecule has 0 atom stereocenters. The van der Waals surface area contributed by atoms with Crippen LogP contribution in [-0.4, -0.2) is 55.0 Å². The van der Waals surface area contributed by atoms with Gasteiger partial charge in [-0.2, -0.15) is 13.2 Å². The van der Waals surface area contributed by atoms with Crippen LogP contribution in [0.4, 0.5) is 13.2 Å². The van der Waals surface area contributed by atoms with Crippen molar-refractivity contribution in [1.82, 2.24) is 9.80 Å². The van der Waals surface area contributed by atoms with E-state index in [2.05, 4.69) is 4.90 Å². The molecular formula is C20H22F3N3O. The average molecular weight is 377 g/mol. The van der Waals surface area contributed by atoms with Gasteiger partial charge < -0.3 is 9.64 Å². The predicted octanol–water partition coefficient (Wildman–Crippen LogP) is 3.73. The summed E-state index contributed by atoms with van der Waals surface area (Å²) in [7, 11) is 0. The van der Waals surface area contributed by atoms with E-state index in [1.165, 1.54) is 6.07 Å². The van der Waals surface area contributed by atoms with Crippen molar-refractivity contribution in [2.45, 2.75) is 6.18 Å². The Labute approximate surface area is 156 Å². The number of rotatable bonds is 5. The Bertz CT molecular complexity index is 757. The molecule has 27 heavy (non-hydrogen) atoms. The third-order valence-electron chi connectivity index (χ3n) is 4.57. The first kappa shape index (κ1) is 19.2. The summed E-state index contributed by atoms with van der Waals surface area (Å²) in [5.74, 6) is 0.976. The number of nitrogens with one attached hydrogen (secondary N) is 1. The van der Waals surface area contributed by atoms with E-state index in [0.29, 0.717) is 25.3 Å². The van der Waals surface area contributed by atoms with Crippen molar-refractivity contribution in [3.05, 3.63) is 65.7 Å². The van der Waals surface area contributed by atoms with E-state index in [1.807, 2.05) is 35.2 Å².